The van der Waals surface area contributed by atoms with Crippen molar-refractivity contribution in [1.29, 1.82) is 0 Å². The van der Waals surface area contributed by atoms with E-state index in [-0.39, 0.29) is 24.0 Å². The summed E-state index contributed by atoms with van der Waals surface area (Å²) < 4.78 is 23.7. The third kappa shape index (κ3) is 3.66. The van der Waals surface area contributed by atoms with Gasteiger partial charge in [0.05, 0.1) is 23.7 Å². The van der Waals surface area contributed by atoms with Gasteiger partial charge in [-0.2, -0.15) is 0 Å². The van der Waals surface area contributed by atoms with Crippen molar-refractivity contribution in [2.75, 3.05) is 11.5 Å². The smallest absolute Gasteiger partial charge is 0.254 e. The molecule has 0 aliphatic carbocycles. The summed E-state index contributed by atoms with van der Waals surface area (Å²) in [5.74, 6) is -0.787. The minimum absolute atomic E-state index is 0.209. The van der Waals surface area contributed by atoms with E-state index < -0.39 is 22.0 Å². The second kappa shape index (κ2) is 6.75. The number of carbonyl (C=O) groups excluding carboxylic acids is 1. The van der Waals surface area contributed by atoms with Gasteiger partial charge >= 0.3 is 0 Å². The molecule has 1 amide bonds. The van der Waals surface area contributed by atoms with Gasteiger partial charge in [0.15, 0.2) is 9.84 Å². The van der Waals surface area contributed by atoms with Crippen molar-refractivity contribution < 1.29 is 18.3 Å². The lowest BCUT2D eigenvalue weighted by Crippen LogP contribution is -2.46. The summed E-state index contributed by atoms with van der Waals surface area (Å²) in [5.41, 5.74) is 1.36. The molecule has 5 nitrogen and oxygen atoms in total. The predicted molar refractivity (Wildman–Crippen MR) is 91.2 cm³/mol. The molecule has 1 saturated heterocycles. The van der Waals surface area contributed by atoms with Crippen molar-refractivity contribution in [3.8, 4) is 0 Å². The predicted octanol–water partition coefficient (Wildman–Crippen LogP) is 1.49. The molecule has 1 N–H and O–H groups in total. The third-order valence-electron chi connectivity index (χ3n) is 4.17. The van der Waals surface area contributed by atoms with Crippen LogP contribution >= 0.6 is 0 Å². The second-order valence-corrected chi connectivity index (χ2v) is 8.15. The minimum atomic E-state index is -3.34. The maximum atomic E-state index is 12.9. The zero-order valence-electron chi connectivity index (χ0n) is 13.1. The molecular formula is C18H19NO4S. The molecule has 126 valence electrons. The lowest BCUT2D eigenvalue weighted by molar-refractivity contribution is 0.0480. The number of nitrogens with zero attached hydrogens (tertiary/aromatic N) is 1. The SMILES string of the molecule is O=C(c1ccccc1)N(Cc1ccccc1)[C@H]1CS(=O)(=O)C[C@H]1O. The molecule has 1 fully saturated rings. The quantitative estimate of drug-likeness (QED) is 0.911. The molecule has 1 heterocycles. The number of aliphatic hydroxyl groups excluding tert-OH is 1. The first kappa shape index (κ1) is 16.7. The van der Waals surface area contributed by atoms with Crippen LogP contribution in [0.5, 0.6) is 0 Å². The van der Waals surface area contributed by atoms with Crippen LogP contribution in [0, 0.1) is 0 Å². The minimum Gasteiger partial charge on any atom is -0.390 e. The van der Waals surface area contributed by atoms with Gasteiger partial charge in [-0.25, -0.2) is 8.42 Å². The highest BCUT2D eigenvalue weighted by Gasteiger charge is 2.41. The molecular weight excluding hydrogens is 326 g/mol. The van der Waals surface area contributed by atoms with Gasteiger partial charge in [0.1, 0.15) is 0 Å². The van der Waals surface area contributed by atoms with Crippen LogP contribution in [-0.4, -0.2) is 48.0 Å². The number of amides is 1. The summed E-state index contributed by atoms with van der Waals surface area (Å²) in [4.78, 5) is 14.4. The summed E-state index contributed by atoms with van der Waals surface area (Å²) in [6.45, 7) is 0.256. The molecule has 1 aliphatic rings. The van der Waals surface area contributed by atoms with Crippen LogP contribution in [0.4, 0.5) is 0 Å². The highest BCUT2D eigenvalue weighted by molar-refractivity contribution is 7.91. The summed E-state index contributed by atoms with van der Waals surface area (Å²) in [6, 6.07) is 17.3. The first-order valence-corrected chi connectivity index (χ1v) is 9.57. The maximum Gasteiger partial charge on any atom is 0.254 e. The highest BCUT2D eigenvalue weighted by atomic mass is 32.2. The molecule has 0 unspecified atom stereocenters. The number of benzene rings is 2. The third-order valence-corrected chi connectivity index (χ3v) is 5.87. The Morgan fingerprint density at radius 1 is 1.00 bits per heavy atom. The van der Waals surface area contributed by atoms with Crippen LogP contribution in [0.3, 0.4) is 0 Å². The van der Waals surface area contributed by atoms with Gasteiger partial charge < -0.3 is 10.0 Å². The molecule has 0 spiro atoms. The molecule has 0 aromatic heterocycles. The Kier molecular flexibility index (Phi) is 4.69. The van der Waals surface area contributed by atoms with Gasteiger partial charge in [-0.3, -0.25) is 4.79 Å². The Balaban J connectivity index is 1.93. The number of hydrogen-bond donors (Lipinski definition) is 1. The summed E-state index contributed by atoms with van der Waals surface area (Å²) in [5, 5.41) is 10.2. The molecule has 0 radical (unpaired) electrons. The van der Waals surface area contributed by atoms with E-state index >= 15 is 0 Å². The normalized spacial score (nSPS) is 22.2. The largest absolute Gasteiger partial charge is 0.390 e. The van der Waals surface area contributed by atoms with Crippen molar-refractivity contribution in [2.45, 2.75) is 18.7 Å². The van der Waals surface area contributed by atoms with Gasteiger partial charge in [0, 0.05) is 12.1 Å². The first-order valence-electron chi connectivity index (χ1n) is 7.75. The van der Waals surface area contributed by atoms with Crippen LogP contribution in [0.2, 0.25) is 0 Å². The average molecular weight is 345 g/mol. The van der Waals surface area contributed by atoms with Crippen LogP contribution in [0.15, 0.2) is 60.7 Å². The van der Waals surface area contributed by atoms with Gasteiger partial charge in [0.25, 0.3) is 5.91 Å². The van der Waals surface area contributed by atoms with E-state index in [0.717, 1.165) is 5.56 Å². The Morgan fingerprint density at radius 2 is 1.58 bits per heavy atom. The Morgan fingerprint density at radius 3 is 2.12 bits per heavy atom. The maximum absolute atomic E-state index is 12.9. The van der Waals surface area contributed by atoms with Crippen molar-refractivity contribution in [2.24, 2.45) is 0 Å². The Hall–Kier alpha value is -2.18. The molecule has 1 aliphatic heterocycles. The highest BCUT2D eigenvalue weighted by Crippen LogP contribution is 2.23. The van der Waals surface area contributed by atoms with Crippen LogP contribution in [0.25, 0.3) is 0 Å². The summed E-state index contributed by atoms with van der Waals surface area (Å²) in [7, 11) is -3.34. The topological polar surface area (TPSA) is 74.7 Å². The van der Waals surface area contributed by atoms with E-state index in [1.807, 2.05) is 36.4 Å². The summed E-state index contributed by atoms with van der Waals surface area (Å²) in [6.07, 6.45) is -1.06. The van der Waals surface area contributed by atoms with Crippen LogP contribution in [-0.2, 0) is 16.4 Å². The molecule has 0 bridgehead atoms. The first-order chi connectivity index (χ1) is 11.5. The van der Waals surface area contributed by atoms with Crippen LogP contribution < -0.4 is 0 Å². The van der Waals surface area contributed by atoms with Crippen LogP contribution in [0.1, 0.15) is 15.9 Å². The molecule has 2 aromatic rings. The molecule has 2 atom stereocenters. The van der Waals surface area contributed by atoms with Gasteiger partial charge in [-0.05, 0) is 17.7 Å². The van der Waals surface area contributed by atoms with Crippen molar-refractivity contribution in [1.82, 2.24) is 4.90 Å². The van der Waals surface area contributed by atoms with Gasteiger partial charge in [-0.15, -0.1) is 0 Å². The van der Waals surface area contributed by atoms with E-state index in [1.165, 1.54) is 4.90 Å². The number of hydrogen-bond acceptors (Lipinski definition) is 4. The lowest BCUT2D eigenvalue weighted by atomic mass is 10.1. The lowest BCUT2D eigenvalue weighted by Gasteiger charge is -2.30. The average Bonchev–Trinajstić information content (AvgIpc) is 2.86. The second-order valence-electron chi connectivity index (χ2n) is 6.00. The van der Waals surface area contributed by atoms with Crippen molar-refractivity contribution in [3.63, 3.8) is 0 Å². The summed E-state index contributed by atoms with van der Waals surface area (Å²) >= 11 is 0. The fourth-order valence-corrected chi connectivity index (χ4v) is 4.78. The Labute approximate surface area is 141 Å². The van der Waals surface area contributed by atoms with E-state index in [1.54, 1.807) is 24.3 Å². The fraction of sp³-hybridized carbons (Fsp3) is 0.278. The number of carbonyl (C=O) groups is 1. The van der Waals surface area contributed by atoms with E-state index in [9.17, 15) is 18.3 Å². The van der Waals surface area contributed by atoms with Crippen molar-refractivity contribution in [3.05, 3.63) is 71.8 Å². The number of rotatable bonds is 4. The standard InChI is InChI=1S/C18H19NO4S/c20-17-13-24(22,23)12-16(17)19(11-14-7-3-1-4-8-14)18(21)15-9-5-2-6-10-15/h1-10,16-17,20H,11-13H2/t16-,17+/m0/s1. The van der Waals surface area contributed by atoms with E-state index in [4.69, 9.17) is 0 Å². The number of sulfone groups is 1. The van der Waals surface area contributed by atoms with Gasteiger partial charge in [0.2, 0.25) is 0 Å². The molecule has 0 saturated carbocycles. The van der Waals surface area contributed by atoms with Gasteiger partial charge in [-0.1, -0.05) is 48.5 Å². The Bertz CT molecular complexity index is 805. The van der Waals surface area contributed by atoms with E-state index in [2.05, 4.69) is 0 Å². The number of aliphatic hydroxyl groups is 1. The van der Waals surface area contributed by atoms with Crippen molar-refractivity contribution >= 4 is 15.7 Å². The monoisotopic (exact) mass is 345 g/mol. The fourth-order valence-electron chi connectivity index (χ4n) is 2.97. The zero-order valence-corrected chi connectivity index (χ0v) is 13.9. The van der Waals surface area contributed by atoms with E-state index in [0.29, 0.717) is 5.56 Å². The molecule has 3 rings (SSSR count). The molecule has 6 heteroatoms. The zero-order chi connectivity index (χ0) is 17.2. The molecule has 24 heavy (non-hydrogen) atoms. The molecule has 2 aromatic carbocycles.